The Hall–Kier alpha value is -2.90. The van der Waals surface area contributed by atoms with Gasteiger partial charge in [-0.2, -0.15) is 0 Å². The second-order valence-electron chi connectivity index (χ2n) is 4.97. The molecular weight excluding hydrogens is 284 g/mol. The number of ether oxygens (including phenoxy) is 1. The highest BCUT2D eigenvalue weighted by molar-refractivity contribution is 5.62. The van der Waals surface area contributed by atoms with Crippen LogP contribution in [0.25, 0.3) is 5.65 Å². The zero-order valence-corrected chi connectivity index (χ0v) is 12.6. The molecule has 0 fully saturated rings. The van der Waals surface area contributed by atoms with Crippen LogP contribution in [-0.2, 0) is 6.54 Å². The molecular formula is C14H16N6O2. The quantitative estimate of drug-likeness (QED) is 0.765. The van der Waals surface area contributed by atoms with Gasteiger partial charge < -0.3 is 14.6 Å². The summed E-state index contributed by atoms with van der Waals surface area (Å²) < 4.78 is 6.93. The molecule has 0 saturated heterocycles. The van der Waals surface area contributed by atoms with Crippen molar-refractivity contribution in [1.82, 2.24) is 24.6 Å². The maximum atomic E-state index is 12.4. The number of aromatic amines is 1. The van der Waals surface area contributed by atoms with E-state index in [9.17, 15) is 4.79 Å². The molecule has 8 heteroatoms. The standard InChI is InChI=1S/C14H16N6O2/c1-9-12(22-3)11(21)10(6-16-9)7-19(2)13-14-18-17-8-20(14)5-4-15-13/h4-6,8H,7H2,1-3H3,(H,16,21). The van der Waals surface area contributed by atoms with Crippen LogP contribution >= 0.6 is 0 Å². The lowest BCUT2D eigenvalue weighted by Gasteiger charge is -2.18. The van der Waals surface area contributed by atoms with Gasteiger partial charge in [0.25, 0.3) is 0 Å². The largest absolute Gasteiger partial charge is 0.491 e. The molecule has 0 radical (unpaired) electrons. The monoisotopic (exact) mass is 300 g/mol. The number of aryl methyl sites for hydroxylation is 1. The number of nitrogens with one attached hydrogen (secondary N) is 1. The molecule has 0 aliphatic carbocycles. The topological polar surface area (TPSA) is 88.4 Å². The fraction of sp³-hybridized carbons (Fsp3) is 0.286. The van der Waals surface area contributed by atoms with E-state index in [0.717, 1.165) is 0 Å². The van der Waals surface area contributed by atoms with Gasteiger partial charge in [-0.05, 0) is 6.92 Å². The summed E-state index contributed by atoms with van der Waals surface area (Å²) in [6.07, 6.45) is 6.74. The van der Waals surface area contributed by atoms with Crippen molar-refractivity contribution >= 4 is 11.5 Å². The van der Waals surface area contributed by atoms with E-state index in [2.05, 4.69) is 20.2 Å². The van der Waals surface area contributed by atoms with Gasteiger partial charge in [0.15, 0.2) is 11.6 Å². The molecule has 3 rings (SSSR count). The molecule has 0 saturated carbocycles. The van der Waals surface area contributed by atoms with Crippen molar-refractivity contribution in [2.24, 2.45) is 0 Å². The van der Waals surface area contributed by atoms with Crippen molar-refractivity contribution in [2.45, 2.75) is 13.5 Å². The first-order valence-corrected chi connectivity index (χ1v) is 6.72. The lowest BCUT2D eigenvalue weighted by atomic mass is 10.2. The molecule has 22 heavy (non-hydrogen) atoms. The van der Waals surface area contributed by atoms with Crippen LogP contribution in [-0.4, -0.2) is 38.7 Å². The van der Waals surface area contributed by atoms with Crippen LogP contribution in [0.4, 0.5) is 5.82 Å². The van der Waals surface area contributed by atoms with Crippen LogP contribution in [0.15, 0.2) is 29.7 Å². The van der Waals surface area contributed by atoms with Crippen LogP contribution in [0.3, 0.4) is 0 Å². The second-order valence-corrected chi connectivity index (χ2v) is 4.97. The Morgan fingerprint density at radius 2 is 2.27 bits per heavy atom. The van der Waals surface area contributed by atoms with Gasteiger partial charge in [-0.25, -0.2) is 4.98 Å². The van der Waals surface area contributed by atoms with Gasteiger partial charge in [0, 0.05) is 37.7 Å². The molecule has 0 amide bonds. The number of aromatic nitrogens is 5. The highest BCUT2D eigenvalue weighted by atomic mass is 16.5. The van der Waals surface area contributed by atoms with E-state index in [1.165, 1.54) is 7.11 Å². The van der Waals surface area contributed by atoms with Gasteiger partial charge in [-0.3, -0.25) is 9.20 Å². The Morgan fingerprint density at radius 3 is 3.05 bits per heavy atom. The number of methoxy groups -OCH3 is 1. The number of hydrogen-bond acceptors (Lipinski definition) is 6. The van der Waals surface area contributed by atoms with E-state index >= 15 is 0 Å². The summed E-state index contributed by atoms with van der Waals surface area (Å²) in [4.78, 5) is 21.6. The maximum Gasteiger partial charge on any atom is 0.228 e. The molecule has 0 atom stereocenters. The third-order valence-electron chi connectivity index (χ3n) is 3.47. The average molecular weight is 300 g/mol. The minimum absolute atomic E-state index is 0.126. The summed E-state index contributed by atoms with van der Waals surface area (Å²) in [6, 6.07) is 0. The van der Waals surface area contributed by atoms with Gasteiger partial charge >= 0.3 is 0 Å². The van der Waals surface area contributed by atoms with Crippen LogP contribution in [0.5, 0.6) is 5.75 Å². The lowest BCUT2D eigenvalue weighted by Crippen LogP contribution is -2.24. The number of H-pyrrole nitrogens is 1. The zero-order chi connectivity index (χ0) is 15.7. The Kier molecular flexibility index (Phi) is 3.50. The Balaban J connectivity index is 1.97. The molecule has 0 aliphatic heterocycles. The Labute approximate surface area is 126 Å². The molecule has 3 aromatic heterocycles. The third-order valence-corrected chi connectivity index (χ3v) is 3.47. The molecule has 8 nitrogen and oxygen atoms in total. The van der Waals surface area contributed by atoms with Crippen LogP contribution < -0.4 is 15.1 Å². The molecule has 114 valence electrons. The Bertz CT molecular complexity index is 869. The van der Waals surface area contributed by atoms with E-state index in [1.807, 2.05) is 11.9 Å². The van der Waals surface area contributed by atoms with Crippen LogP contribution in [0.2, 0.25) is 0 Å². The number of anilines is 1. The first kappa shape index (κ1) is 14.1. The van der Waals surface area contributed by atoms with Crippen molar-refractivity contribution < 1.29 is 4.74 Å². The summed E-state index contributed by atoms with van der Waals surface area (Å²) in [5.41, 5.74) is 1.81. The van der Waals surface area contributed by atoms with Gasteiger partial charge in [0.2, 0.25) is 11.1 Å². The predicted molar refractivity (Wildman–Crippen MR) is 81.2 cm³/mol. The van der Waals surface area contributed by atoms with Gasteiger partial charge in [0.1, 0.15) is 6.33 Å². The fourth-order valence-corrected chi connectivity index (χ4v) is 2.35. The van der Waals surface area contributed by atoms with E-state index in [-0.39, 0.29) is 5.43 Å². The molecule has 1 N–H and O–H groups in total. The zero-order valence-electron chi connectivity index (χ0n) is 12.6. The molecule has 0 aromatic carbocycles. The molecule has 3 aromatic rings. The minimum atomic E-state index is -0.126. The van der Waals surface area contributed by atoms with E-state index in [1.54, 1.807) is 36.2 Å². The summed E-state index contributed by atoms with van der Waals surface area (Å²) >= 11 is 0. The Morgan fingerprint density at radius 1 is 1.45 bits per heavy atom. The first-order chi connectivity index (χ1) is 10.6. The third kappa shape index (κ3) is 2.28. The highest BCUT2D eigenvalue weighted by Crippen LogP contribution is 2.17. The van der Waals surface area contributed by atoms with Crippen LogP contribution in [0.1, 0.15) is 11.3 Å². The van der Waals surface area contributed by atoms with E-state index in [4.69, 9.17) is 4.74 Å². The van der Waals surface area contributed by atoms with Crippen LogP contribution in [0, 0.1) is 6.92 Å². The summed E-state index contributed by atoms with van der Waals surface area (Å²) in [5.74, 6) is 0.985. The van der Waals surface area contributed by atoms with E-state index in [0.29, 0.717) is 35.0 Å². The highest BCUT2D eigenvalue weighted by Gasteiger charge is 2.14. The number of fused-ring (bicyclic) bond motifs is 1. The van der Waals surface area contributed by atoms with Crippen molar-refractivity contribution in [1.29, 1.82) is 0 Å². The van der Waals surface area contributed by atoms with Gasteiger partial charge in [0.05, 0.1) is 12.8 Å². The molecule has 0 bridgehead atoms. The number of hydrogen-bond donors (Lipinski definition) is 1. The molecule has 0 spiro atoms. The molecule has 0 unspecified atom stereocenters. The molecule has 3 heterocycles. The molecule has 0 aliphatic rings. The number of pyridine rings is 1. The summed E-state index contributed by atoms with van der Waals surface area (Å²) in [5, 5.41) is 7.92. The van der Waals surface area contributed by atoms with Crippen molar-refractivity contribution in [3.05, 3.63) is 46.4 Å². The van der Waals surface area contributed by atoms with Crippen molar-refractivity contribution in [2.75, 3.05) is 19.1 Å². The van der Waals surface area contributed by atoms with E-state index < -0.39 is 0 Å². The van der Waals surface area contributed by atoms with Gasteiger partial charge in [-0.1, -0.05) is 0 Å². The second kappa shape index (κ2) is 5.47. The van der Waals surface area contributed by atoms with Crippen molar-refractivity contribution in [3.8, 4) is 5.75 Å². The normalized spacial score (nSPS) is 10.9. The average Bonchev–Trinajstić information content (AvgIpc) is 2.99. The fourth-order valence-electron chi connectivity index (χ4n) is 2.35. The smallest absolute Gasteiger partial charge is 0.228 e. The summed E-state index contributed by atoms with van der Waals surface area (Å²) in [6.45, 7) is 2.18. The number of nitrogens with zero attached hydrogens (tertiary/aromatic N) is 5. The predicted octanol–water partition coefficient (Wildman–Crippen LogP) is 0.766. The first-order valence-electron chi connectivity index (χ1n) is 6.72. The van der Waals surface area contributed by atoms with Crippen molar-refractivity contribution in [3.63, 3.8) is 0 Å². The van der Waals surface area contributed by atoms with Gasteiger partial charge in [-0.15, -0.1) is 10.2 Å². The summed E-state index contributed by atoms with van der Waals surface area (Å²) in [7, 11) is 3.34. The number of rotatable bonds is 4. The SMILES string of the molecule is COc1c(C)[nH]cc(CN(C)c2nccn3cnnc23)c1=O. The lowest BCUT2D eigenvalue weighted by molar-refractivity contribution is 0.404. The minimum Gasteiger partial charge on any atom is -0.491 e. The maximum absolute atomic E-state index is 12.4.